The van der Waals surface area contributed by atoms with Crippen molar-refractivity contribution in [3.8, 4) is 0 Å². The largest absolute Gasteiger partial charge is 0.445 e. The maximum atomic E-state index is 13.1. The number of carbonyl (C=O) groups excluding carboxylic acids is 1. The van der Waals surface area contributed by atoms with Crippen molar-refractivity contribution < 1.29 is 48.6 Å². The van der Waals surface area contributed by atoms with Gasteiger partial charge in [-0.3, -0.25) is 9.11 Å². The highest BCUT2D eigenvalue weighted by Gasteiger charge is 2.57. The molecule has 8 nitrogen and oxygen atoms in total. The maximum Gasteiger partial charge on any atom is 0.429 e. The predicted molar refractivity (Wildman–Crippen MR) is 136 cm³/mol. The van der Waals surface area contributed by atoms with Crippen LogP contribution in [-0.4, -0.2) is 49.4 Å². The van der Waals surface area contributed by atoms with Gasteiger partial charge in [0, 0.05) is 0 Å². The third kappa shape index (κ3) is 10.0. The maximum absolute atomic E-state index is 13.1. The minimum Gasteiger partial charge on any atom is -0.445 e. The van der Waals surface area contributed by atoms with Crippen molar-refractivity contribution in [3.05, 3.63) is 65.2 Å². The molecule has 0 bridgehead atoms. The van der Waals surface area contributed by atoms with Crippen LogP contribution in [0, 0.1) is 0 Å². The Kier molecular flexibility index (Phi) is 11.5. The monoisotopic (exact) mass is 582 g/mol. The zero-order valence-corrected chi connectivity index (χ0v) is 23.3. The first-order valence-electron chi connectivity index (χ1n) is 11.7. The number of esters is 1. The van der Waals surface area contributed by atoms with Gasteiger partial charge < -0.3 is 4.74 Å². The summed E-state index contributed by atoms with van der Waals surface area (Å²) in [5.74, 6) is -2.48. The van der Waals surface area contributed by atoms with Crippen LogP contribution in [0.1, 0.15) is 80.8 Å². The van der Waals surface area contributed by atoms with Crippen LogP contribution < -0.4 is 0 Å². The highest BCUT2D eigenvalue weighted by molar-refractivity contribution is 7.86. The molecular formula is C25H33F3O8S2. The van der Waals surface area contributed by atoms with Gasteiger partial charge >= 0.3 is 12.1 Å². The summed E-state index contributed by atoms with van der Waals surface area (Å²) < 4.78 is 104. The second-order valence-corrected chi connectivity index (χ2v) is 12.0. The highest BCUT2D eigenvalue weighted by atomic mass is 32.2. The predicted octanol–water partition coefficient (Wildman–Crippen LogP) is 6.01. The number of halogens is 3. The molecule has 0 spiro atoms. The van der Waals surface area contributed by atoms with Gasteiger partial charge in [-0.05, 0) is 67.0 Å². The summed E-state index contributed by atoms with van der Waals surface area (Å²) in [7, 11) is -9.06. The fraction of sp³-hybridized carbons (Fsp3) is 0.480. The minimum absolute atomic E-state index is 0.0513. The topological polar surface area (TPSA) is 135 Å². The SMILES string of the molecule is CCC(C)c1ccc(C(=O)OC(C)(CS(=O)(=O)O)C(F)(F)F)cc1.CCC(C)c1ccc(S(=O)(=O)O)cc1. The van der Waals surface area contributed by atoms with Gasteiger partial charge in [0.15, 0.2) is 0 Å². The Morgan fingerprint density at radius 3 is 1.55 bits per heavy atom. The highest BCUT2D eigenvalue weighted by Crippen LogP contribution is 2.35. The Balaban J connectivity index is 0.000000437. The first-order valence-corrected chi connectivity index (χ1v) is 14.7. The summed E-state index contributed by atoms with van der Waals surface area (Å²) in [6.45, 7) is 8.47. The number of hydrogen-bond donors (Lipinski definition) is 2. The van der Waals surface area contributed by atoms with Crippen LogP contribution in [0.4, 0.5) is 13.2 Å². The first-order chi connectivity index (χ1) is 17.2. The van der Waals surface area contributed by atoms with E-state index in [0.717, 1.165) is 24.0 Å². The molecule has 0 aliphatic carbocycles. The van der Waals surface area contributed by atoms with E-state index < -0.39 is 43.7 Å². The lowest BCUT2D eigenvalue weighted by Gasteiger charge is -2.30. The fourth-order valence-electron chi connectivity index (χ4n) is 3.17. The zero-order valence-electron chi connectivity index (χ0n) is 21.7. The molecule has 2 N–H and O–H groups in total. The Morgan fingerprint density at radius 1 is 0.842 bits per heavy atom. The second-order valence-electron chi connectivity index (χ2n) is 9.13. The average molecular weight is 583 g/mol. The number of hydrogen-bond acceptors (Lipinski definition) is 6. The molecule has 0 aliphatic rings. The van der Waals surface area contributed by atoms with E-state index in [0.29, 0.717) is 12.8 Å². The molecule has 0 radical (unpaired) electrons. The van der Waals surface area contributed by atoms with Crippen LogP contribution >= 0.6 is 0 Å². The molecule has 0 saturated carbocycles. The lowest BCUT2D eigenvalue weighted by atomic mass is 9.97. The molecule has 0 heterocycles. The van der Waals surface area contributed by atoms with Crippen LogP contribution in [-0.2, 0) is 25.0 Å². The lowest BCUT2D eigenvalue weighted by Crippen LogP contribution is -2.51. The van der Waals surface area contributed by atoms with E-state index in [2.05, 4.69) is 18.6 Å². The smallest absolute Gasteiger partial charge is 0.429 e. The van der Waals surface area contributed by atoms with Crippen LogP contribution in [0.15, 0.2) is 53.4 Å². The molecular weight excluding hydrogens is 549 g/mol. The van der Waals surface area contributed by atoms with E-state index in [1.807, 2.05) is 13.8 Å². The van der Waals surface area contributed by atoms with Crippen molar-refractivity contribution in [3.63, 3.8) is 0 Å². The molecule has 0 saturated heterocycles. The lowest BCUT2D eigenvalue weighted by molar-refractivity contribution is -0.243. The molecule has 3 atom stereocenters. The van der Waals surface area contributed by atoms with Gasteiger partial charge in [-0.2, -0.15) is 30.0 Å². The zero-order chi connectivity index (χ0) is 29.5. The molecule has 0 fully saturated rings. The Hall–Kier alpha value is -2.48. The average Bonchev–Trinajstić information content (AvgIpc) is 2.81. The summed E-state index contributed by atoms with van der Waals surface area (Å²) in [5, 5.41) is 0. The number of ether oxygens (including phenoxy) is 1. The van der Waals surface area contributed by atoms with Gasteiger partial charge in [0.05, 0.1) is 10.5 Å². The van der Waals surface area contributed by atoms with Gasteiger partial charge in [0.1, 0.15) is 5.75 Å². The van der Waals surface area contributed by atoms with Crippen molar-refractivity contribution in [2.75, 3.05) is 5.75 Å². The van der Waals surface area contributed by atoms with Crippen molar-refractivity contribution in [2.45, 2.75) is 76.0 Å². The molecule has 13 heteroatoms. The Labute approximate surface area is 221 Å². The molecule has 2 aromatic rings. The van der Waals surface area contributed by atoms with Crippen molar-refractivity contribution in [2.24, 2.45) is 0 Å². The summed E-state index contributed by atoms with van der Waals surface area (Å²) >= 11 is 0. The second kappa shape index (κ2) is 13.0. The molecule has 38 heavy (non-hydrogen) atoms. The summed E-state index contributed by atoms with van der Waals surface area (Å²) in [4.78, 5) is 11.9. The van der Waals surface area contributed by atoms with Crippen LogP contribution in [0.2, 0.25) is 0 Å². The Morgan fingerprint density at radius 2 is 1.24 bits per heavy atom. The Bertz CT molecular complexity index is 1270. The number of rotatable bonds is 9. The van der Waals surface area contributed by atoms with Crippen LogP contribution in [0.5, 0.6) is 0 Å². The molecule has 0 amide bonds. The van der Waals surface area contributed by atoms with E-state index in [-0.39, 0.29) is 16.4 Å². The first kappa shape index (κ1) is 33.5. The van der Waals surface area contributed by atoms with Crippen LogP contribution in [0.25, 0.3) is 0 Å². The van der Waals surface area contributed by atoms with Crippen molar-refractivity contribution >= 4 is 26.2 Å². The van der Waals surface area contributed by atoms with Gasteiger partial charge in [0.2, 0.25) is 5.60 Å². The molecule has 2 aromatic carbocycles. The summed E-state index contributed by atoms with van der Waals surface area (Å²) in [6.07, 6.45) is -3.31. The quantitative estimate of drug-likeness (QED) is 0.271. The summed E-state index contributed by atoms with van der Waals surface area (Å²) in [5.41, 5.74) is -1.51. The van der Waals surface area contributed by atoms with E-state index in [4.69, 9.17) is 9.11 Å². The molecule has 0 aliphatic heterocycles. The molecule has 214 valence electrons. The van der Waals surface area contributed by atoms with Gasteiger partial charge in [-0.25, -0.2) is 4.79 Å². The number of alkyl halides is 3. The van der Waals surface area contributed by atoms with E-state index >= 15 is 0 Å². The van der Waals surface area contributed by atoms with E-state index in [1.165, 1.54) is 24.3 Å². The van der Waals surface area contributed by atoms with Crippen LogP contribution in [0.3, 0.4) is 0 Å². The third-order valence-electron chi connectivity index (χ3n) is 6.06. The normalized spacial score (nSPS) is 15.4. The van der Waals surface area contributed by atoms with Crippen molar-refractivity contribution in [1.29, 1.82) is 0 Å². The van der Waals surface area contributed by atoms with E-state index in [9.17, 15) is 34.8 Å². The standard InChI is InChI=1S/C15H19F3O5S.C10H14O3S/c1-4-10(2)11-5-7-12(8-6-11)13(19)23-14(3,15(16,17)18)9-24(20,21)22;1-3-8(2)9-4-6-10(7-5-9)14(11,12)13/h5-8,10H,4,9H2,1-3H3,(H,20,21,22);4-8H,3H2,1-2H3,(H,11,12,13). The molecule has 3 unspecified atom stereocenters. The molecule has 2 rings (SSSR count). The molecule has 0 aromatic heterocycles. The minimum atomic E-state index is -5.17. The van der Waals surface area contributed by atoms with Crippen molar-refractivity contribution in [1.82, 2.24) is 0 Å². The summed E-state index contributed by atoms with van der Waals surface area (Å²) in [6, 6.07) is 12.1. The third-order valence-corrected chi connectivity index (χ3v) is 7.85. The number of benzene rings is 2. The van der Waals surface area contributed by atoms with Gasteiger partial charge in [0.25, 0.3) is 20.2 Å². The van der Waals surface area contributed by atoms with E-state index in [1.54, 1.807) is 24.3 Å². The fourth-order valence-corrected chi connectivity index (χ4v) is 4.57. The van der Waals surface area contributed by atoms with Gasteiger partial charge in [-0.1, -0.05) is 52.0 Å². The number of carbonyl (C=O) groups is 1. The van der Waals surface area contributed by atoms with Gasteiger partial charge in [-0.15, -0.1) is 0 Å².